The smallest absolute Gasteiger partial charge is 0.394 e. The maximum atomic E-state index is 10.9. The van der Waals surface area contributed by atoms with Gasteiger partial charge in [0, 0.05) is 17.7 Å². The molecule has 0 heterocycles. The van der Waals surface area contributed by atoms with Crippen LogP contribution in [0.4, 0.5) is 0 Å². The number of carboxylic acid groups (broad SMARTS) is 1. The molecule has 0 fully saturated rings. The van der Waals surface area contributed by atoms with Gasteiger partial charge in [-0.3, -0.25) is 4.79 Å². The molecule has 0 bridgehead atoms. The predicted molar refractivity (Wildman–Crippen MR) is 67.0 cm³/mol. The van der Waals surface area contributed by atoms with Gasteiger partial charge in [0.1, 0.15) is 0 Å². The van der Waals surface area contributed by atoms with Crippen molar-refractivity contribution in [2.24, 2.45) is 0 Å². The predicted octanol–water partition coefficient (Wildman–Crippen LogP) is -0.0289. The highest BCUT2D eigenvalue weighted by Gasteiger charge is 2.30. The molecule has 6 nitrogen and oxygen atoms in total. The van der Waals surface area contributed by atoms with Gasteiger partial charge in [-0.05, 0) is 6.92 Å². The van der Waals surface area contributed by atoms with E-state index in [2.05, 4.69) is 5.32 Å². The molecule has 0 unspecified atom stereocenters. The van der Waals surface area contributed by atoms with Crippen molar-refractivity contribution in [3.05, 3.63) is 47.5 Å². The summed E-state index contributed by atoms with van der Waals surface area (Å²) in [4.78, 5) is 21.3. The molecule has 0 radical (unpaired) electrons. The number of carbonyl (C=O) groups is 2. The summed E-state index contributed by atoms with van der Waals surface area (Å²) >= 11 is 0. The Morgan fingerprint density at radius 3 is 2.32 bits per heavy atom. The topological polar surface area (TPSA) is 107 Å². The van der Waals surface area contributed by atoms with E-state index in [1.807, 2.05) is 0 Å². The molecule has 1 aromatic carbocycles. The van der Waals surface area contributed by atoms with Crippen molar-refractivity contribution in [2.45, 2.75) is 12.7 Å². The lowest BCUT2D eigenvalue weighted by atomic mass is 9.97. The molecule has 4 N–H and O–H groups in total. The fourth-order valence-corrected chi connectivity index (χ4v) is 1.53. The molecule has 6 heteroatoms. The van der Waals surface area contributed by atoms with Gasteiger partial charge < -0.3 is 20.6 Å². The molecule has 102 valence electrons. The molecule has 0 aliphatic rings. The minimum atomic E-state index is -2.26. The van der Waals surface area contributed by atoms with Gasteiger partial charge in [-0.15, -0.1) is 0 Å². The summed E-state index contributed by atoms with van der Waals surface area (Å²) < 4.78 is 0. The second kappa shape index (κ2) is 6.12. The molecule has 0 saturated carbocycles. The largest absolute Gasteiger partial charge is 0.474 e. The Morgan fingerprint density at radius 2 is 1.84 bits per heavy atom. The second-order valence-electron chi connectivity index (χ2n) is 3.84. The maximum Gasteiger partial charge on any atom is 0.394 e. The third kappa shape index (κ3) is 3.64. The summed E-state index contributed by atoms with van der Waals surface area (Å²) in [6, 6.07) is 8.03. The van der Waals surface area contributed by atoms with Crippen LogP contribution < -0.4 is 5.32 Å². The molecule has 1 amide bonds. The van der Waals surface area contributed by atoms with Gasteiger partial charge >= 0.3 is 11.9 Å². The van der Waals surface area contributed by atoms with Gasteiger partial charge in [-0.25, -0.2) is 4.79 Å². The minimum Gasteiger partial charge on any atom is -0.474 e. The first kappa shape index (κ1) is 14.9. The van der Waals surface area contributed by atoms with E-state index < -0.39 is 17.7 Å². The van der Waals surface area contributed by atoms with E-state index in [-0.39, 0.29) is 17.7 Å². The zero-order valence-electron chi connectivity index (χ0n) is 10.3. The molecule has 0 spiro atoms. The summed E-state index contributed by atoms with van der Waals surface area (Å²) in [5.74, 6) is -5.10. The summed E-state index contributed by atoms with van der Waals surface area (Å²) in [6.07, 6.45) is 1.41. The van der Waals surface area contributed by atoms with Crippen molar-refractivity contribution in [1.82, 2.24) is 5.32 Å². The van der Waals surface area contributed by atoms with E-state index in [4.69, 9.17) is 5.11 Å². The van der Waals surface area contributed by atoms with E-state index in [0.717, 1.165) is 0 Å². The number of benzene rings is 1. The van der Waals surface area contributed by atoms with Crippen LogP contribution in [0.25, 0.3) is 0 Å². The summed E-state index contributed by atoms with van der Waals surface area (Å²) in [6.45, 7) is 1.29. The summed E-state index contributed by atoms with van der Waals surface area (Å²) in [5, 5.41) is 30.7. The standard InChI is InChI=1S/C13H15NO5/c1-2-9(8-14-11(15)12(16)17)13(18,19)10-6-4-3-5-7-10/h2-7,18-19H,8H2,1H3,(H,14,15)(H,16,17). The molecule has 1 aromatic rings. The summed E-state index contributed by atoms with van der Waals surface area (Å²) in [7, 11) is 0. The van der Waals surface area contributed by atoms with Crippen molar-refractivity contribution in [2.75, 3.05) is 6.54 Å². The SMILES string of the molecule is CC=C(CNC(=O)C(=O)O)C(O)(O)c1ccccc1. The Labute approximate surface area is 110 Å². The first-order valence-electron chi connectivity index (χ1n) is 5.56. The lowest BCUT2D eigenvalue weighted by Crippen LogP contribution is -2.38. The number of aliphatic hydroxyl groups is 2. The maximum absolute atomic E-state index is 10.9. The monoisotopic (exact) mass is 265 g/mol. The lowest BCUT2D eigenvalue weighted by Gasteiger charge is -2.25. The highest BCUT2D eigenvalue weighted by Crippen LogP contribution is 2.25. The number of nitrogens with one attached hydrogen (secondary N) is 1. The normalized spacial score (nSPS) is 12.1. The molecule has 0 atom stereocenters. The molecule has 0 aliphatic heterocycles. The first-order chi connectivity index (χ1) is 8.89. The number of allylic oxidation sites excluding steroid dienone is 1. The number of aliphatic carboxylic acids is 1. The quantitative estimate of drug-likeness (QED) is 0.347. The van der Waals surface area contributed by atoms with Crippen LogP contribution in [0.3, 0.4) is 0 Å². The van der Waals surface area contributed by atoms with E-state index in [1.54, 1.807) is 25.1 Å². The second-order valence-corrected chi connectivity index (χ2v) is 3.84. The van der Waals surface area contributed by atoms with Crippen LogP contribution in [0, 0.1) is 0 Å². The van der Waals surface area contributed by atoms with Crippen LogP contribution in [0.1, 0.15) is 12.5 Å². The van der Waals surface area contributed by atoms with Gasteiger partial charge in [0.05, 0.1) is 0 Å². The fourth-order valence-electron chi connectivity index (χ4n) is 1.53. The van der Waals surface area contributed by atoms with Gasteiger partial charge in [-0.2, -0.15) is 0 Å². The average molecular weight is 265 g/mol. The Bertz CT molecular complexity index is 493. The van der Waals surface area contributed by atoms with E-state index in [9.17, 15) is 19.8 Å². The Hall–Kier alpha value is -2.18. The molecular weight excluding hydrogens is 250 g/mol. The molecule has 0 aromatic heterocycles. The van der Waals surface area contributed by atoms with Crippen molar-refractivity contribution in [1.29, 1.82) is 0 Å². The van der Waals surface area contributed by atoms with E-state index >= 15 is 0 Å². The van der Waals surface area contributed by atoms with Crippen molar-refractivity contribution >= 4 is 11.9 Å². The third-order valence-electron chi connectivity index (χ3n) is 2.61. The van der Waals surface area contributed by atoms with Crippen LogP contribution in [-0.2, 0) is 15.4 Å². The summed E-state index contributed by atoms with van der Waals surface area (Å²) in [5.41, 5.74) is 0.306. The molecule has 1 rings (SSSR count). The number of amides is 1. The molecular formula is C13H15NO5. The minimum absolute atomic E-state index is 0.0771. The van der Waals surface area contributed by atoms with Crippen LogP contribution in [0.5, 0.6) is 0 Å². The van der Waals surface area contributed by atoms with Gasteiger partial charge in [0.15, 0.2) is 0 Å². The number of carbonyl (C=O) groups excluding carboxylic acids is 1. The Balaban J connectivity index is 2.86. The number of hydrogen-bond acceptors (Lipinski definition) is 4. The number of hydrogen-bond donors (Lipinski definition) is 4. The third-order valence-corrected chi connectivity index (χ3v) is 2.61. The van der Waals surface area contributed by atoms with Gasteiger partial charge in [-0.1, -0.05) is 36.4 Å². The van der Waals surface area contributed by atoms with Crippen LogP contribution >= 0.6 is 0 Å². The molecule has 0 aliphatic carbocycles. The lowest BCUT2D eigenvalue weighted by molar-refractivity contribution is -0.151. The Morgan fingerprint density at radius 1 is 1.26 bits per heavy atom. The number of carboxylic acids is 1. The molecule has 0 saturated heterocycles. The van der Waals surface area contributed by atoms with Gasteiger partial charge in [0.25, 0.3) is 0 Å². The van der Waals surface area contributed by atoms with E-state index in [1.165, 1.54) is 18.2 Å². The highest BCUT2D eigenvalue weighted by atomic mass is 16.5. The number of rotatable bonds is 4. The first-order valence-corrected chi connectivity index (χ1v) is 5.56. The van der Waals surface area contributed by atoms with Crippen LogP contribution in [0.15, 0.2) is 42.0 Å². The van der Waals surface area contributed by atoms with Crippen molar-refractivity contribution < 1.29 is 24.9 Å². The van der Waals surface area contributed by atoms with E-state index in [0.29, 0.717) is 0 Å². The zero-order chi connectivity index (χ0) is 14.5. The van der Waals surface area contributed by atoms with Crippen LogP contribution in [-0.4, -0.2) is 33.7 Å². The Kier molecular flexibility index (Phi) is 4.80. The highest BCUT2D eigenvalue weighted by molar-refractivity contribution is 6.31. The van der Waals surface area contributed by atoms with Gasteiger partial charge in [0.2, 0.25) is 5.79 Å². The van der Waals surface area contributed by atoms with Crippen LogP contribution in [0.2, 0.25) is 0 Å². The molecule has 19 heavy (non-hydrogen) atoms. The van der Waals surface area contributed by atoms with Crippen molar-refractivity contribution in [3.8, 4) is 0 Å². The average Bonchev–Trinajstić information content (AvgIpc) is 2.39. The fraction of sp³-hybridized carbons (Fsp3) is 0.231. The van der Waals surface area contributed by atoms with Crippen molar-refractivity contribution in [3.63, 3.8) is 0 Å². The zero-order valence-corrected chi connectivity index (χ0v) is 10.3.